The fourth-order valence-electron chi connectivity index (χ4n) is 7.11. The number of fused-ring (bicyclic) bond motifs is 2. The first kappa shape index (κ1) is 34.4. The van der Waals surface area contributed by atoms with Crippen molar-refractivity contribution in [3.8, 4) is 11.4 Å². The van der Waals surface area contributed by atoms with Crippen molar-refractivity contribution in [3.05, 3.63) is 118 Å². The number of hydrogen-bond acceptors (Lipinski definition) is 11. The second kappa shape index (κ2) is 14.0. The molecule has 1 saturated heterocycles. The summed E-state index contributed by atoms with van der Waals surface area (Å²) >= 11 is 1.14. The molecule has 8 rings (SSSR count). The fraction of sp³-hybridized carbons (Fsp3) is 0.270. The standard InChI is InChI=1S/C37H35F2N9O4S/c38-23-6-8-27(28(39)16-23)37(51,20-46-22-41-21-42-46)19-45-12-10-24(11-13-45)43-34(49)32-18-30-35(53-32)44-33(40)36(50)48(30)26-7-9-31-29(17-26)47(14-15-52-31)25-4-2-1-3-5-25/h1-9,16-18,21-22,24,51H,10-15,19-20H2,(H2,40,44)(H,43,49). The van der Waals surface area contributed by atoms with Crippen molar-refractivity contribution in [2.45, 2.75) is 31.0 Å². The van der Waals surface area contributed by atoms with E-state index in [9.17, 15) is 23.5 Å². The molecule has 0 saturated carbocycles. The van der Waals surface area contributed by atoms with Crippen LogP contribution >= 0.6 is 11.3 Å². The summed E-state index contributed by atoms with van der Waals surface area (Å²) < 4.78 is 37.5. The first-order chi connectivity index (χ1) is 25.6. The second-order valence-corrected chi connectivity index (χ2v) is 14.2. The lowest BCUT2D eigenvalue weighted by molar-refractivity contribution is -0.0271. The maximum atomic E-state index is 14.9. The van der Waals surface area contributed by atoms with E-state index in [1.807, 2.05) is 47.4 Å². The van der Waals surface area contributed by atoms with Crippen molar-refractivity contribution in [2.75, 3.05) is 43.4 Å². The topological polar surface area (TPSA) is 157 Å². The van der Waals surface area contributed by atoms with Crippen molar-refractivity contribution in [2.24, 2.45) is 0 Å². The number of thiophene rings is 1. The predicted octanol–water partition coefficient (Wildman–Crippen LogP) is 4.21. The molecule has 0 aliphatic carbocycles. The number of nitrogens with zero attached hydrogens (tertiary/aromatic N) is 7. The third-order valence-corrected chi connectivity index (χ3v) is 10.7. The molecule has 1 unspecified atom stereocenters. The number of nitrogen functional groups attached to an aromatic ring is 1. The highest BCUT2D eigenvalue weighted by Gasteiger charge is 2.37. The van der Waals surface area contributed by atoms with Gasteiger partial charge in [-0.15, -0.1) is 11.3 Å². The van der Waals surface area contributed by atoms with Crippen LogP contribution in [0.25, 0.3) is 16.0 Å². The number of aliphatic hydroxyl groups is 1. The van der Waals surface area contributed by atoms with E-state index in [0.29, 0.717) is 65.7 Å². The van der Waals surface area contributed by atoms with E-state index in [0.717, 1.165) is 34.8 Å². The molecular weight excluding hydrogens is 705 g/mol. The fourth-order valence-corrected chi connectivity index (χ4v) is 8.04. The molecular formula is C37H35F2N9O4S. The Bertz CT molecular complexity index is 2350. The number of rotatable bonds is 9. The van der Waals surface area contributed by atoms with E-state index in [2.05, 4.69) is 25.3 Å². The number of halogens is 2. The van der Waals surface area contributed by atoms with E-state index < -0.39 is 22.8 Å². The van der Waals surface area contributed by atoms with Gasteiger partial charge in [0.1, 0.15) is 47.1 Å². The smallest absolute Gasteiger partial charge is 0.298 e. The Labute approximate surface area is 305 Å². The highest BCUT2D eigenvalue weighted by Crippen LogP contribution is 2.39. The van der Waals surface area contributed by atoms with Crippen LogP contribution in [0, 0.1) is 11.6 Å². The molecule has 2 aliphatic rings. The lowest BCUT2D eigenvalue weighted by atomic mass is 9.91. The molecule has 1 amide bonds. The Morgan fingerprint density at radius 1 is 1.02 bits per heavy atom. The van der Waals surface area contributed by atoms with Gasteiger partial charge in [-0.2, -0.15) is 5.10 Å². The van der Waals surface area contributed by atoms with Gasteiger partial charge in [0.2, 0.25) is 0 Å². The monoisotopic (exact) mass is 739 g/mol. The average Bonchev–Trinajstić information content (AvgIpc) is 3.83. The number of benzene rings is 3. The first-order valence-corrected chi connectivity index (χ1v) is 17.9. The van der Waals surface area contributed by atoms with Crippen molar-refractivity contribution < 1.29 is 23.4 Å². The minimum Gasteiger partial charge on any atom is -0.490 e. The van der Waals surface area contributed by atoms with Gasteiger partial charge < -0.3 is 25.8 Å². The SMILES string of the molecule is Nc1nc2sc(C(=O)NC3CCN(CC(O)(Cn4cncn4)c4ccc(F)cc4F)CC3)cc2n(-c2ccc3c(c2)N(c2ccccc2)CCO3)c1=O. The van der Waals surface area contributed by atoms with E-state index >= 15 is 0 Å². The number of para-hydroxylation sites is 1. The lowest BCUT2D eigenvalue weighted by Crippen LogP contribution is -2.50. The highest BCUT2D eigenvalue weighted by molar-refractivity contribution is 7.20. The zero-order valence-corrected chi connectivity index (χ0v) is 29.2. The molecule has 0 spiro atoms. The van der Waals surface area contributed by atoms with Gasteiger partial charge in [0.05, 0.1) is 34.9 Å². The molecule has 272 valence electrons. The number of aromatic nitrogens is 5. The van der Waals surface area contributed by atoms with Crippen LogP contribution < -0.4 is 26.2 Å². The number of hydrogen-bond donors (Lipinski definition) is 3. The third kappa shape index (κ3) is 6.83. The summed E-state index contributed by atoms with van der Waals surface area (Å²) in [6.45, 7) is 2.10. The average molecular weight is 740 g/mol. The third-order valence-electron chi connectivity index (χ3n) is 9.66. The molecule has 13 nitrogen and oxygen atoms in total. The number of carbonyl (C=O) groups excluding carboxylic acids is 1. The van der Waals surface area contributed by atoms with Gasteiger partial charge in [-0.3, -0.25) is 19.1 Å². The van der Waals surface area contributed by atoms with Crippen LogP contribution in [0.15, 0.2) is 90.2 Å². The van der Waals surface area contributed by atoms with Crippen LogP contribution in [-0.4, -0.2) is 79.1 Å². The van der Waals surface area contributed by atoms with Crippen molar-refractivity contribution in [1.29, 1.82) is 0 Å². The van der Waals surface area contributed by atoms with Gasteiger partial charge in [-0.1, -0.05) is 24.3 Å². The molecule has 16 heteroatoms. The summed E-state index contributed by atoms with van der Waals surface area (Å²) in [5.41, 5.74) is 6.65. The van der Waals surface area contributed by atoms with E-state index in [1.165, 1.54) is 28.0 Å². The minimum atomic E-state index is -1.73. The van der Waals surface area contributed by atoms with Crippen LogP contribution in [0.5, 0.6) is 5.75 Å². The summed E-state index contributed by atoms with van der Waals surface area (Å²) in [6, 6.07) is 20.0. The molecule has 0 bridgehead atoms. The van der Waals surface area contributed by atoms with Crippen LogP contribution in [0.3, 0.4) is 0 Å². The van der Waals surface area contributed by atoms with E-state index in [1.54, 1.807) is 12.1 Å². The molecule has 1 fully saturated rings. The Morgan fingerprint density at radius 3 is 2.58 bits per heavy atom. The maximum absolute atomic E-state index is 14.9. The molecule has 0 radical (unpaired) electrons. The van der Waals surface area contributed by atoms with Crippen molar-refractivity contribution in [3.63, 3.8) is 0 Å². The van der Waals surface area contributed by atoms with E-state index in [4.69, 9.17) is 10.5 Å². The number of ether oxygens (including phenoxy) is 1. The molecule has 4 N–H and O–H groups in total. The van der Waals surface area contributed by atoms with Gasteiger partial charge in [0.15, 0.2) is 5.82 Å². The van der Waals surface area contributed by atoms with Crippen LogP contribution in [0.2, 0.25) is 0 Å². The van der Waals surface area contributed by atoms with Gasteiger partial charge in [-0.25, -0.2) is 23.4 Å². The second-order valence-electron chi connectivity index (χ2n) is 13.2. The number of amides is 1. The lowest BCUT2D eigenvalue weighted by Gasteiger charge is -2.38. The van der Waals surface area contributed by atoms with E-state index in [-0.39, 0.29) is 36.4 Å². The molecule has 1 atom stereocenters. The van der Waals surface area contributed by atoms with Crippen LogP contribution in [0.1, 0.15) is 28.1 Å². The van der Waals surface area contributed by atoms with Crippen molar-refractivity contribution in [1.82, 2.24) is 34.5 Å². The van der Waals surface area contributed by atoms with Gasteiger partial charge in [0.25, 0.3) is 11.5 Å². The first-order valence-electron chi connectivity index (χ1n) is 17.1. The maximum Gasteiger partial charge on any atom is 0.298 e. The summed E-state index contributed by atoms with van der Waals surface area (Å²) in [5.74, 6) is -1.40. The Hall–Kier alpha value is -5.71. The Kier molecular flexibility index (Phi) is 9.10. The Morgan fingerprint density at radius 2 is 1.83 bits per heavy atom. The molecule has 5 heterocycles. The zero-order valence-electron chi connectivity index (χ0n) is 28.4. The number of nitrogens with two attached hydrogens (primary N) is 1. The summed E-state index contributed by atoms with van der Waals surface area (Å²) in [6.07, 6.45) is 3.87. The van der Waals surface area contributed by atoms with Gasteiger partial charge >= 0.3 is 0 Å². The molecule has 2 aliphatic heterocycles. The summed E-state index contributed by atoms with van der Waals surface area (Å²) in [7, 11) is 0. The summed E-state index contributed by atoms with van der Waals surface area (Å²) in [4.78, 5) is 40.3. The predicted molar refractivity (Wildman–Crippen MR) is 196 cm³/mol. The van der Waals surface area contributed by atoms with Crippen LogP contribution in [-0.2, 0) is 12.1 Å². The minimum absolute atomic E-state index is 0.0421. The number of β-amino-alcohol motifs (C(OH)–C–C–N with tert-alkyl or cyclic N) is 1. The number of piperidine rings is 1. The Balaban J connectivity index is 0.993. The molecule has 6 aromatic rings. The number of nitrogens with one attached hydrogen (secondary N) is 1. The molecule has 3 aromatic heterocycles. The number of carbonyl (C=O) groups is 1. The molecule has 53 heavy (non-hydrogen) atoms. The largest absolute Gasteiger partial charge is 0.490 e. The molecule has 3 aromatic carbocycles. The summed E-state index contributed by atoms with van der Waals surface area (Å²) in [5, 5.41) is 18.9. The normalized spacial score (nSPS) is 16.2. The van der Waals surface area contributed by atoms with Crippen LogP contribution in [0.4, 0.5) is 26.0 Å². The zero-order chi connectivity index (χ0) is 36.7. The van der Waals surface area contributed by atoms with Gasteiger partial charge in [-0.05, 0) is 55.3 Å². The number of likely N-dealkylation sites (tertiary alicyclic amines) is 1. The highest BCUT2D eigenvalue weighted by atomic mass is 32.1. The van der Waals surface area contributed by atoms with Gasteiger partial charge in [0, 0.05) is 43.0 Å². The number of anilines is 3. The van der Waals surface area contributed by atoms with Crippen molar-refractivity contribution >= 4 is 44.8 Å². The quantitative estimate of drug-likeness (QED) is 0.196.